The summed E-state index contributed by atoms with van der Waals surface area (Å²) in [6.07, 6.45) is 13.9. The molecule has 0 aliphatic rings. The Balaban J connectivity index is -0.000000543. The van der Waals surface area contributed by atoms with Gasteiger partial charge in [-0.05, 0) is 57.8 Å². The van der Waals surface area contributed by atoms with Gasteiger partial charge in [0, 0.05) is 16.7 Å². The van der Waals surface area contributed by atoms with Gasteiger partial charge in [-0.25, -0.2) is 14.4 Å². The minimum Gasteiger partial charge on any atom is -0.462 e. The van der Waals surface area contributed by atoms with Crippen molar-refractivity contribution in [3.05, 3.63) is 36.5 Å². The molecule has 0 spiro atoms. The molecule has 42 heavy (non-hydrogen) atoms. The van der Waals surface area contributed by atoms with Gasteiger partial charge in [-0.3, -0.25) is 0 Å². The lowest BCUT2D eigenvalue weighted by molar-refractivity contribution is -0.141. The highest BCUT2D eigenvalue weighted by molar-refractivity contribution is 5.87. The van der Waals surface area contributed by atoms with Crippen molar-refractivity contribution in [1.29, 1.82) is 0 Å². The molecular formula is C36H66O6. The van der Waals surface area contributed by atoms with Crippen LogP contribution in [0.15, 0.2) is 36.5 Å². The van der Waals surface area contributed by atoms with Gasteiger partial charge in [0.25, 0.3) is 0 Å². The van der Waals surface area contributed by atoms with Gasteiger partial charge in [-0.1, -0.05) is 119 Å². The molecule has 0 radical (unpaired) electrons. The number of hydrogen-bond donors (Lipinski definition) is 0. The van der Waals surface area contributed by atoms with Crippen LogP contribution in [0, 0.1) is 17.8 Å². The van der Waals surface area contributed by atoms with Crippen molar-refractivity contribution in [2.24, 2.45) is 17.8 Å². The molecule has 246 valence electrons. The van der Waals surface area contributed by atoms with Crippen LogP contribution in [-0.4, -0.2) is 37.7 Å². The Bertz CT molecular complexity index is 654. The van der Waals surface area contributed by atoms with E-state index in [-0.39, 0.29) is 17.9 Å². The average Bonchev–Trinajstić information content (AvgIpc) is 2.97. The maximum Gasteiger partial charge on any atom is 0.333 e. The molecule has 0 aliphatic heterocycles. The standard InChI is InChI=1S/3C12H22O2/c3*1-5-7-8-11(6-2)9-14-12(13)10(3)4/h3*11H,3,5-9H2,1-2,4H3. The molecule has 0 aromatic rings. The zero-order valence-corrected chi connectivity index (χ0v) is 28.9. The second-order valence-electron chi connectivity index (χ2n) is 11.4. The highest BCUT2D eigenvalue weighted by Gasteiger charge is 2.11. The Labute approximate surface area is 259 Å². The molecule has 0 saturated carbocycles. The summed E-state index contributed by atoms with van der Waals surface area (Å²) in [6, 6.07) is 0. The minimum atomic E-state index is -0.264. The number of carbonyl (C=O) groups is 3. The summed E-state index contributed by atoms with van der Waals surface area (Å²) in [4.78, 5) is 33.3. The molecule has 6 nitrogen and oxygen atoms in total. The van der Waals surface area contributed by atoms with E-state index < -0.39 is 0 Å². The topological polar surface area (TPSA) is 78.9 Å². The molecule has 0 aromatic carbocycles. The van der Waals surface area contributed by atoms with Crippen molar-refractivity contribution >= 4 is 17.9 Å². The molecule has 0 aromatic heterocycles. The smallest absolute Gasteiger partial charge is 0.333 e. The van der Waals surface area contributed by atoms with Crippen molar-refractivity contribution in [2.45, 2.75) is 139 Å². The molecule has 0 aliphatic carbocycles. The van der Waals surface area contributed by atoms with Gasteiger partial charge in [0.15, 0.2) is 0 Å². The summed E-state index contributed by atoms with van der Waals surface area (Å²) in [5.41, 5.74) is 1.45. The van der Waals surface area contributed by atoms with Crippen LogP contribution < -0.4 is 0 Å². The Morgan fingerprint density at radius 2 is 0.690 bits per heavy atom. The van der Waals surface area contributed by atoms with Gasteiger partial charge in [-0.2, -0.15) is 0 Å². The Hall–Kier alpha value is -2.37. The lowest BCUT2D eigenvalue weighted by atomic mass is 10.0. The number of esters is 3. The first-order chi connectivity index (χ1) is 19.8. The Morgan fingerprint density at radius 1 is 0.476 bits per heavy atom. The SMILES string of the molecule is C=C(C)C(=O)OCC(CC)CCCC.C=C(C)C(=O)OCC(CC)CCCC.C=C(C)C(=O)OCC(CC)CCCC. The van der Waals surface area contributed by atoms with Crippen LogP contribution in [0.1, 0.15) is 139 Å². The monoisotopic (exact) mass is 594 g/mol. The average molecular weight is 595 g/mol. The van der Waals surface area contributed by atoms with Gasteiger partial charge in [0.1, 0.15) is 0 Å². The molecule has 3 unspecified atom stereocenters. The first-order valence-electron chi connectivity index (χ1n) is 16.3. The van der Waals surface area contributed by atoms with E-state index >= 15 is 0 Å². The first kappa shape index (κ1) is 44.1. The Morgan fingerprint density at radius 3 is 0.833 bits per heavy atom. The predicted molar refractivity (Wildman–Crippen MR) is 177 cm³/mol. The van der Waals surface area contributed by atoms with Gasteiger partial charge < -0.3 is 14.2 Å². The van der Waals surface area contributed by atoms with Gasteiger partial charge in [-0.15, -0.1) is 0 Å². The summed E-state index contributed by atoms with van der Waals surface area (Å²) < 4.78 is 15.3. The highest BCUT2D eigenvalue weighted by atomic mass is 16.5. The molecule has 0 fully saturated rings. The van der Waals surface area contributed by atoms with Crippen LogP contribution in [0.2, 0.25) is 0 Å². The van der Waals surface area contributed by atoms with Gasteiger partial charge >= 0.3 is 17.9 Å². The van der Waals surface area contributed by atoms with Gasteiger partial charge in [0.05, 0.1) is 19.8 Å². The number of unbranched alkanes of at least 4 members (excludes halogenated alkanes) is 3. The highest BCUT2D eigenvalue weighted by Crippen LogP contribution is 2.15. The van der Waals surface area contributed by atoms with Crippen molar-refractivity contribution in [2.75, 3.05) is 19.8 Å². The zero-order chi connectivity index (χ0) is 32.9. The largest absolute Gasteiger partial charge is 0.462 e. The van der Waals surface area contributed by atoms with E-state index in [0.29, 0.717) is 54.3 Å². The summed E-state index contributed by atoms with van der Waals surface area (Å²) >= 11 is 0. The number of hydrogen-bond acceptors (Lipinski definition) is 6. The summed E-state index contributed by atoms with van der Waals surface area (Å²) in [7, 11) is 0. The second-order valence-corrected chi connectivity index (χ2v) is 11.4. The predicted octanol–water partition coefficient (Wildman–Crippen LogP) is 9.97. The van der Waals surface area contributed by atoms with Crippen LogP contribution in [0.4, 0.5) is 0 Å². The van der Waals surface area contributed by atoms with E-state index in [1.165, 1.54) is 38.5 Å². The molecule has 6 heteroatoms. The molecule has 0 amide bonds. The lowest BCUT2D eigenvalue weighted by Crippen LogP contribution is -2.14. The number of carbonyl (C=O) groups excluding carboxylic acids is 3. The van der Waals surface area contributed by atoms with E-state index in [1.807, 2.05) is 0 Å². The fraction of sp³-hybridized carbons (Fsp3) is 0.750. The van der Waals surface area contributed by atoms with E-state index in [9.17, 15) is 14.4 Å². The van der Waals surface area contributed by atoms with Crippen LogP contribution >= 0.6 is 0 Å². The van der Waals surface area contributed by atoms with E-state index in [0.717, 1.165) is 38.5 Å². The third kappa shape index (κ3) is 27.8. The van der Waals surface area contributed by atoms with E-state index in [1.54, 1.807) is 20.8 Å². The molecular weight excluding hydrogens is 528 g/mol. The van der Waals surface area contributed by atoms with Gasteiger partial charge in [0.2, 0.25) is 0 Å². The molecule has 0 rings (SSSR count). The van der Waals surface area contributed by atoms with E-state index in [2.05, 4.69) is 61.3 Å². The van der Waals surface area contributed by atoms with Crippen LogP contribution in [-0.2, 0) is 28.6 Å². The molecule has 0 saturated heterocycles. The quantitative estimate of drug-likeness (QED) is 0.0747. The normalized spacial score (nSPS) is 12.2. The number of rotatable bonds is 21. The van der Waals surface area contributed by atoms with Crippen LogP contribution in [0.25, 0.3) is 0 Å². The molecule has 0 N–H and O–H groups in total. The molecule has 3 atom stereocenters. The van der Waals surface area contributed by atoms with E-state index in [4.69, 9.17) is 14.2 Å². The Kier molecular flexibility index (Phi) is 31.6. The van der Waals surface area contributed by atoms with Crippen molar-refractivity contribution < 1.29 is 28.6 Å². The third-order valence-electron chi connectivity index (χ3n) is 7.03. The molecule has 0 bridgehead atoms. The minimum absolute atomic E-state index is 0.264. The van der Waals surface area contributed by atoms with Crippen molar-refractivity contribution in [1.82, 2.24) is 0 Å². The fourth-order valence-corrected chi connectivity index (χ4v) is 3.64. The summed E-state index contributed by atoms with van der Waals surface area (Å²) in [5.74, 6) is 0.745. The lowest BCUT2D eigenvalue weighted by Gasteiger charge is -2.14. The van der Waals surface area contributed by atoms with Crippen molar-refractivity contribution in [3.63, 3.8) is 0 Å². The summed E-state index contributed by atoms with van der Waals surface area (Å²) in [6.45, 7) is 30.2. The second kappa shape index (κ2) is 30.1. The maximum absolute atomic E-state index is 11.1. The van der Waals surface area contributed by atoms with Crippen LogP contribution in [0.3, 0.4) is 0 Å². The van der Waals surface area contributed by atoms with Crippen molar-refractivity contribution in [3.8, 4) is 0 Å². The van der Waals surface area contributed by atoms with Crippen LogP contribution in [0.5, 0.6) is 0 Å². The zero-order valence-electron chi connectivity index (χ0n) is 28.9. The third-order valence-corrected chi connectivity index (χ3v) is 7.03. The maximum atomic E-state index is 11.1. The summed E-state index contributed by atoms with van der Waals surface area (Å²) in [5, 5.41) is 0. The first-order valence-corrected chi connectivity index (χ1v) is 16.3. The fourth-order valence-electron chi connectivity index (χ4n) is 3.64. The number of ether oxygens (including phenoxy) is 3. The molecule has 0 heterocycles.